The topological polar surface area (TPSA) is 92.6 Å². The molecule has 1 atom stereocenters. The van der Waals surface area contributed by atoms with Gasteiger partial charge < -0.3 is 10.2 Å². The molecule has 1 unspecified atom stereocenters. The molecule has 0 radical (unpaired) electrons. The van der Waals surface area contributed by atoms with Gasteiger partial charge in [0.2, 0.25) is 5.91 Å². The molecule has 1 saturated heterocycles. The van der Waals surface area contributed by atoms with Crippen LogP contribution in [0.2, 0.25) is 0 Å². The molecule has 1 fully saturated rings. The van der Waals surface area contributed by atoms with Crippen LogP contribution in [0.3, 0.4) is 0 Å². The summed E-state index contributed by atoms with van der Waals surface area (Å²) < 4.78 is 13.0. The van der Waals surface area contributed by atoms with Crippen molar-refractivity contribution in [2.45, 2.75) is 19.9 Å². The summed E-state index contributed by atoms with van der Waals surface area (Å²) in [5.41, 5.74) is 1.43. The van der Waals surface area contributed by atoms with Gasteiger partial charge in [0.25, 0.3) is 11.6 Å². The Morgan fingerprint density at radius 2 is 2.00 bits per heavy atom. The number of rotatable bonds is 6. The van der Waals surface area contributed by atoms with Gasteiger partial charge in [0.1, 0.15) is 5.82 Å². The second-order valence-electron chi connectivity index (χ2n) is 6.94. The number of carbonyl (C=O) groups is 2. The molecule has 0 saturated carbocycles. The number of nitrogens with one attached hydrogen (secondary N) is 1. The number of nitro groups is 1. The second-order valence-corrected chi connectivity index (χ2v) is 6.94. The van der Waals surface area contributed by atoms with Crippen LogP contribution in [0.1, 0.15) is 27.9 Å². The Labute approximate surface area is 161 Å². The number of carbonyl (C=O) groups excluding carboxylic acids is 2. The molecule has 7 nitrogen and oxygen atoms in total. The molecule has 0 spiro atoms. The third-order valence-electron chi connectivity index (χ3n) is 4.80. The van der Waals surface area contributed by atoms with E-state index in [1.165, 1.54) is 30.3 Å². The monoisotopic (exact) mass is 385 g/mol. The Kier molecular flexibility index (Phi) is 5.67. The first-order valence-electron chi connectivity index (χ1n) is 8.89. The standard InChI is InChI=1S/C20H20FN3O4/c1-13-2-5-16(9-18(13)24(27)28)20(26)22-10-15-8-19(25)23(12-15)11-14-3-6-17(21)7-4-14/h2-7,9,15H,8,10-12H2,1H3,(H,22,26). The van der Waals surface area contributed by atoms with Crippen LogP contribution >= 0.6 is 0 Å². The highest BCUT2D eigenvalue weighted by Gasteiger charge is 2.29. The fourth-order valence-corrected chi connectivity index (χ4v) is 3.24. The Bertz CT molecular complexity index is 914. The van der Waals surface area contributed by atoms with Crippen LogP contribution in [0.4, 0.5) is 10.1 Å². The van der Waals surface area contributed by atoms with Crippen molar-refractivity contribution in [1.82, 2.24) is 10.2 Å². The number of benzene rings is 2. The van der Waals surface area contributed by atoms with Crippen LogP contribution in [-0.2, 0) is 11.3 Å². The summed E-state index contributed by atoms with van der Waals surface area (Å²) in [5, 5.41) is 13.8. The van der Waals surface area contributed by atoms with Crippen LogP contribution < -0.4 is 5.32 Å². The van der Waals surface area contributed by atoms with Crippen molar-refractivity contribution in [3.63, 3.8) is 0 Å². The number of hydrogen-bond donors (Lipinski definition) is 1. The Balaban J connectivity index is 1.56. The lowest BCUT2D eigenvalue weighted by Gasteiger charge is -2.17. The van der Waals surface area contributed by atoms with Gasteiger partial charge in [0, 0.05) is 49.2 Å². The van der Waals surface area contributed by atoms with Crippen molar-refractivity contribution in [1.29, 1.82) is 0 Å². The van der Waals surface area contributed by atoms with Crippen molar-refractivity contribution in [3.8, 4) is 0 Å². The maximum Gasteiger partial charge on any atom is 0.273 e. The molecule has 1 heterocycles. The van der Waals surface area contributed by atoms with E-state index in [1.807, 2.05) is 0 Å². The van der Waals surface area contributed by atoms with Crippen molar-refractivity contribution < 1.29 is 18.9 Å². The summed E-state index contributed by atoms with van der Waals surface area (Å²) >= 11 is 0. The lowest BCUT2D eigenvalue weighted by Crippen LogP contribution is -2.31. The maximum atomic E-state index is 13.0. The van der Waals surface area contributed by atoms with Crippen LogP contribution in [-0.4, -0.2) is 34.7 Å². The fraction of sp³-hybridized carbons (Fsp3) is 0.300. The largest absolute Gasteiger partial charge is 0.352 e. The quantitative estimate of drug-likeness (QED) is 0.611. The Hall–Kier alpha value is -3.29. The second kappa shape index (κ2) is 8.16. The van der Waals surface area contributed by atoms with Crippen LogP contribution in [0, 0.1) is 28.8 Å². The third-order valence-corrected chi connectivity index (χ3v) is 4.80. The van der Waals surface area contributed by atoms with E-state index in [4.69, 9.17) is 0 Å². The van der Waals surface area contributed by atoms with Gasteiger partial charge >= 0.3 is 0 Å². The fourth-order valence-electron chi connectivity index (χ4n) is 3.24. The number of halogens is 1. The zero-order chi connectivity index (χ0) is 20.3. The summed E-state index contributed by atoms with van der Waals surface area (Å²) in [6.07, 6.45) is 0.315. The summed E-state index contributed by atoms with van der Waals surface area (Å²) in [7, 11) is 0. The van der Waals surface area contributed by atoms with Crippen molar-refractivity contribution in [3.05, 3.63) is 75.1 Å². The summed E-state index contributed by atoms with van der Waals surface area (Å²) in [6, 6.07) is 10.3. The number of amides is 2. The summed E-state index contributed by atoms with van der Waals surface area (Å²) in [6.45, 7) is 2.80. The minimum absolute atomic E-state index is 0.0189. The number of nitro benzene ring substituents is 1. The normalized spacial score (nSPS) is 16.3. The van der Waals surface area contributed by atoms with Gasteiger partial charge in [-0.2, -0.15) is 0 Å². The maximum absolute atomic E-state index is 13.0. The molecular weight excluding hydrogens is 365 g/mol. The first-order valence-corrected chi connectivity index (χ1v) is 8.89. The number of aryl methyl sites for hydroxylation is 1. The van der Waals surface area contributed by atoms with Gasteiger partial charge in [0.05, 0.1) is 4.92 Å². The predicted octanol–water partition coefficient (Wildman–Crippen LogP) is 2.82. The van der Waals surface area contributed by atoms with Crippen molar-refractivity contribution in [2.24, 2.45) is 5.92 Å². The average molecular weight is 385 g/mol. The molecule has 28 heavy (non-hydrogen) atoms. The molecule has 1 aliphatic rings. The van der Waals surface area contributed by atoms with E-state index >= 15 is 0 Å². The van der Waals surface area contributed by atoms with E-state index in [1.54, 1.807) is 24.0 Å². The highest BCUT2D eigenvalue weighted by Crippen LogP contribution is 2.21. The van der Waals surface area contributed by atoms with E-state index < -0.39 is 10.8 Å². The predicted molar refractivity (Wildman–Crippen MR) is 100 cm³/mol. The van der Waals surface area contributed by atoms with Crippen LogP contribution in [0.5, 0.6) is 0 Å². The lowest BCUT2D eigenvalue weighted by molar-refractivity contribution is -0.385. The molecule has 3 rings (SSSR count). The third kappa shape index (κ3) is 4.51. The minimum Gasteiger partial charge on any atom is -0.352 e. The molecule has 2 aromatic rings. The average Bonchev–Trinajstić information content (AvgIpc) is 3.01. The molecule has 1 N–H and O–H groups in total. The smallest absolute Gasteiger partial charge is 0.273 e. The molecule has 8 heteroatoms. The first kappa shape index (κ1) is 19.5. The van der Waals surface area contributed by atoms with Gasteiger partial charge in [-0.15, -0.1) is 0 Å². The van der Waals surface area contributed by atoms with Crippen molar-refractivity contribution >= 4 is 17.5 Å². The molecule has 146 valence electrons. The minimum atomic E-state index is -0.519. The van der Waals surface area contributed by atoms with Gasteiger partial charge in [-0.05, 0) is 30.7 Å². The van der Waals surface area contributed by atoms with E-state index in [-0.39, 0.29) is 28.9 Å². The van der Waals surface area contributed by atoms with Gasteiger partial charge in [-0.25, -0.2) is 4.39 Å². The van der Waals surface area contributed by atoms with Crippen LogP contribution in [0.15, 0.2) is 42.5 Å². The first-order chi connectivity index (χ1) is 13.3. The van der Waals surface area contributed by atoms with Crippen molar-refractivity contribution in [2.75, 3.05) is 13.1 Å². The van der Waals surface area contributed by atoms with E-state index in [0.717, 1.165) is 5.56 Å². The highest BCUT2D eigenvalue weighted by molar-refractivity contribution is 5.95. The molecule has 1 aliphatic heterocycles. The molecule has 2 aromatic carbocycles. The van der Waals surface area contributed by atoms with Crippen LogP contribution in [0.25, 0.3) is 0 Å². The molecule has 0 aliphatic carbocycles. The molecule has 0 aromatic heterocycles. The number of likely N-dealkylation sites (tertiary alicyclic amines) is 1. The number of nitrogens with zero attached hydrogens (tertiary/aromatic N) is 2. The highest BCUT2D eigenvalue weighted by atomic mass is 19.1. The van der Waals surface area contributed by atoms with E-state index in [0.29, 0.717) is 31.6 Å². The van der Waals surface area contributed by atoms with Gasteiger partial charge in [-0.3, -0.25) is 19.7 Å². The zero-order valence-corrected chi connectivity index (χ0v) is 15.4. The molecular formula is C20H20FN3O4. The Morgan fingerprint density at radius 3 is 2.68 bits per heavy atom. The summed E-state index contributed by atoms with van der Waals surface area (Å²) in [4.78, 5) is 36.7. The zero-order valence-electron chi connectivity index (χ0n) is 15.4. The Morgan fingerprint density at radius 1 is 1.29 bits per heavy atom. The SMILES string of the molecule is Cc1ccc(C(=O)NCC2CC(=O)N(Cc3ccc(F)cc3)C2)cc1[N+](=O)[O-]. The van der Waals surface area contributed by atoms with Gasteiger partial charge in [-0.1, -0.05) is 18.2 Å². The molecule has 0 bridgehead atoms. The summed E-state index contributed by atoms with van der Waals surface area (Å²) in [5.74, 6) is -0.798. The van der Waals surface area contributed by atoms with Gasteiger partial charge in [0.15, 0.2) is 0 Å². The molecule has 2 amide bonds. The van der Waals surface area contributed by atoms with E-state index in [2.05, 4.69) is 5.32 Å². The number of hydrogen-bond acceptors (Lipinski definition) is 4. The lowest BCUT2D eigenvalue weighted by atomic mass is 10.1. The van der Waals surface area contributed by atoms with E-state index in [9.17, 15) is 24.1 Å².